The summed E-state index contributed by atoms with van der Waals surface area (Å²) in [7, 11) is -1.26. The first kappa shape index (κ1) is 12.8. The van der Waals surface area contributed by atoms with Gasteiger partial charge in [0, 0.05) is 9.13 Å². The number of hydrogen-bond acceptors (Lipinski definition) is 0. The fourth-order valence-electron chi connectivity index (χ4n) is 1.36. The molecule has 0 aliphatic heterocycles. The van der Waals surface area contributed by atoms with Crippen molar-refractivity contribution < 1.29 is 0 Å². The molecule has 15 heavy (non-hydrogen) atoms. The molecule has 0 atom stereocenters. The lowest BCUT2D eigenvalue weighted by Gasteiger charge is -2.07. The van der Waals surface area contributed by atoms with Gasteiger partial charge in [0.05, 0.1) is 0 Å². The van der Waals surface area contributed by atoms with E-state index in [-0.39, 0.29) is 0 Å². The Bertz CT molecular complexity index is 407. The highest BCUT2D eigenvalue weighted by Gasteiger charge is 2.08. The number of aryl methyl sites for hydroxylation is 2. The summed E-state index contributed by atoms with van der Waals surface area (Å²) in [6, 6.07) is 4.39. The molecule has 0 N–H and O–H groups in total. The van der Waals surface area contributed by atoms with Crippen molar-refractivity contribution in [3.8, 4) is 11.5 Å². The molecule has 1 aromatic rings. The molecule has 0 radical (unpaired) electrons. The first-order valence-electron chi connectivity index (χ1n) is 5.09. The van der Waals surface area contributed by atoms with Crippen LogP contribution < -0.4 is 0 Å². The molecule has 0 aliphatic rings. The molecule has 0 amide bonds. The van der Waals surface area contributed by atoms with Crippen molar-refractivity contribution in [2.75, 3.05) is 0 Å². The van der Waals surface area contributed by atoms with E-state index in [4.69, 9.17) is 0 Å². The summed E-state index contributed by atoms with van der Waals surface area (Å²) in [4.78, 5) is 0. The van der Waals surface area contributed by atoms with Crippen molar-refractivity contribution >= 4 is 30.7 Å². The quantitative estimate of drug-likeness (QED) is 0.381. The lowest BCUT2D eigenvalue weighted by molar-refractivity contribution is 1.33. The zero-order valence-corrected chi connectivity index (χ0v) is 13.2. The average Bonchev–Trinajstić information content (AvgIpc) is 1.99. The summed E-state index contributed by atoms with van der Waals surface area (Å²) in [6.07, 6.45) is 0. The fraction of sp³-hybridized carbons (Fsp3) is 0.385. The van der Waals surface area contributed by atoms with E-state index in [0.29, 0.717) is 0 Å². The maximum Gasteiger partial charge on any atom is 0.129 e. The first-order valence-corrected chi connectivity index (χ1v) is 9.67. The van der Waals surface area contributed by atoms with Gasteiger partial charge in [-0.2, -0.15) is 0 Å². The van der Waals surface area contributed by atoms with Gasteiger partial charge in [0.2, 0.25) is 0 Å². The second-order valence-corrected chi connectivity index (χ2v) is 10.9. The van der Waals surface area contributed by atoms with E-state index >= 15 is 0 Å². The lowest BCUT2D eigenvalue weighted by Crippen LogP contribution is -2.16. The van der Waals surface area contributed by atoms with Crippen LogP contribution >= 0.6 is 22.6 Å². The topological polar surface area (TPSA) is 0 Å². The SMILES string of the molecule is Cc1cc(I)cc(C)c1C#C[Si](C)(C)C. The van der Waals surface area contributed by atoms with Gasteiger partial charge in [0.1, 0.15) is 8.07 Å². The second kappa shape index (κ2) is 4.71. The molecule has 2 heteroatoms. The molecule has 0 heterocycles. The highest BCUT2D eigenvalue weighted by atomic mass is 127. The Labute approximate surface area is 108 Å². The Morgan fingerprint density at radius 1 is 1.07 bits per heavy atom. The van der Waals surface area contributed by atoms with Gasteiger partial charge in [-0.15, -0.1) is 5.54 Å². The Morgan fingerprint density at radius 3 is 1.93 bits per heavy atom. The van der Waals surface area contributed by atoms with Crippen LogP contribution in [0.4, 0.5) is 0 Å². The first-order chi connectivity index (χ1) is 6.79. The number of benzene rings is 1. The molecule has 0 aliphatic carbocycles. The maximum absolute atomic E-state index is 3.43. The zero-order valence-electron chi connectivity index (χ0n) is 10.0. The van der Waals surface area contributed by atoms with E-state index in [1.165, 1.54) is 20.3 Å². The maximum atomic E-state index is 3.43. The third-order valence-corrected chi connectivity index (χ3v) is 3.56. The van der Waals surface area contributed by atoms with Crippen LogP contribution in [0.1, 0.15) is 16.7 Å². The molecule has 0 unspecified atom stereocenters. The van der Waals surface area contributed by atoms with Gasteiger partial charge in [0.15, 0.2) is 0 Å². The molecule has 0 saturated carbocycles. The molecule has 80 valence electrons. The van der Waals surface area contributed by atoms with Gasteiger partial charge in [-0.1, -0.05) is 25.6 Å². The summed E-state index contributed by atoms with van der Waals surface area (Å²) in [5.41, 5.74) is 7.24. The van der Waals surface area contributed by atoms with Gasteiger partial charge in [-0.05, 0) is 59.7 Å². The monoisotopic (exact) mass is 328 g/mol. The Hall–Kier alpha value is -0.273. The van der Waals surface area contributed by atoms with Crippen molar-refractivity contribution in [3.63, 3.8) is 0 Å². The predicted molar refractivity (Wildman–Crippen MR) is 78.9 cm³/mol. The van der Waals surface area contributed by atoms with Gasteiger partial charge >= 0.3 is 0 Å². The molecule has 0 bridgehead atoms. The van der Waals surface area contributed by atoms with Crippen LogP contribution in [0.2, 0.25) is 19.6 Å². The van der Waals surface area contributed by atoms with Crippen LogP contribution in [0.15, 0.2) is 12.1 Å². The van der Waals surface area contributed by atoms with Gasteiger partial charge < -0.3 is 0 Å². The van der Waals surface area contributed by atoms with Crippen LogP contribution in [0.5, 0.6) is 0 Å². The third kappa shape index (κ3) is 4.00. The number of halogens is 1. The molecule has 0 fully saturated rings. The van der Waals surface area contributed by atoms with Crippen molar-refractivity contribution in [2.24, 2.45) is 0 Å². The molecular formula is C13H17ISi. The van der Waals surface area contributed by atoms with Crippen LogP contribution in [-0.2, 0) is 0 Å². The second-order valence-electron chi connectivity index (χ2n) is 4.91. The normalized spacial score (nSPS) is 10.8. The Balaban J connectivity index is 3.20. The van der Waals surface area contributed by atoms with Crippen LogP contribution in [-0.4, -0.2) is 8.07 Å². The highest BCUT2D eigenvalue weighted by Crippen LogP contribution is 2.17. The van der Waals surface area contributed by atoms with E-state index in [2.05, 4.69) is 79.7 Å². The number of hydrogen-bond donors (Lipinski definition) is 0. The summed E-state index contributed by atoms with van der Waals surface area (Å²) in [5.74, 6) is 3.36. The summed E-state index contributed by atoms with van der Waals surface area (Å²) in [5, 5.41) is 0. The molecule has 0 saturated heterocycles. The van der Waals surface area contributed by atoms with Crippen molar-refractivity contribution in [1.29, 1.82) is 0 Å². The summed E-state index contributed by atoms with van der Waals surface area (Å²) >= 11 is 2.35. The smallest absolute Gasteiger partial charge is 0.127 e. The minimum absolute atomic E-state index is 1.22. The standard InChI is InChI=1S/C13H17ISi/c1-10-8-12(14)9-11(2)13(10)6-7-15(3,4)5/h8-9H,1-5H3. The minimum Gasteiger partial charge on any atom is -0.127 e. The third-order valence-electron chi connectivity index (χ3n) is 2.06. The summed E-state index contributed by atoms with van der Waals surface area (Å²) in [6.45, 7) is 11.1. The van der Waals surface area contributed by atoms with Gasteiger partial charge in [-0.3, -0.25) is 0 Å². The zero-order chi connectivity index (χ0) is 11.6. The van der Waals surface area contributed by atoms with E-state index in [1.807, 2.05) is 0 Å². The minimum atomic E-state index is -1.26. The van der Waals surface area contributed by atoms with Gasteiger partial charge in [-0.25, -0.2) is 0 Å². The molecule has 1 rings (SSSR count). The Kier molecular flexibility index (Phi) is 4.02. The van der Waals surface area contributed by atoms with Crippen molar-refractivity contribution in [2.45, 2.75) is 33.5 Å². The van der Waals surface area contributed by atoms with Crippen LogP contribution in [0, 0.1) is 28.9 Å². The van der Waals surface area contributed by atoms with Gasteiger partial charge in [0.25, 0.3) is 0 Å². The van der Waals surface area contributed by atoms with E-state index in [9.17, 15) is 0 Å². The van der Waals surface area contributed by atoms with Crippen LogP contribution in [0.25, 0.3) is 0 Å². The lowest BCUT2D eigenvalue weighted by atomic mass is 10.0. The molecule has 1 aromatic carbocycles. The van der Waals surface area contributed by atoms with Crippen molar-refractivity contribution in [1.82, 2.24) is 0 Å². The predicted octanol–water partition coefficient (Wildman–Crippen LogP) is 4.14. The molecule has 0 nitrogen and oxygen atoms in total. The van der Waals surface area contributed by atoms with E-state index in [1.54, 1.807) is 0 Å². The highest BCUT2D eigenvalue weighted by molar-refractivity contribution is 14.1. The summed E-state index contributed by atoms with van der Waals surface area (Å²) < 4.78 is 1.29. The Morgan fingerprint density at radius 2 is 1.53 bits per heavy atom. The fourth-order valence-corrected chi connectivity index (χ4v) is 2.79. The molecule has 0 spiro atoms. The number of rotatable bonds is 0. The molecule has 0 aromatic heterocycles. The largest absolute Gasteiger partial charge is 0.129 e. The van der Waals surface area contributed by atoms with E-state index in [0.717, 1.165) is 0 Å². The average molecular weight is 328 g/mol. The van der Waals surface area contributed by atoms with E-state index < -0.39 is 8.07 Å². The molecular weight excluding hydrogens is 311 g/mol. The van der Waals surface area contributed by atoms with Crippen LogP contribution in [0.3, 0.4) is 0 Å². The van der Waals surface area contributed by atoms with Crippen molar-refractivity contribution in [3.05, 3.63) is 32.4 Å².